The second-order valence-electron chi connectivity index (χ2n) is 10.6. The van der Waals surface area contributed by atoms with Gasteiger partial charge in [-0.1, -0.05) is 80.6 Å². The molecule has 0 bridgehead atoms. The molecule has 3 atom stereocenters. The Morgan fingerprint density at radius 2 is 1.68 bits per heavy atom. The van der Waals surface area contributed by atoms with Crippen LogP contribution in [0.25, 0.3) is 11.1 Å². The fraction of sp³-hybridized carbons (Fsp3) is 0.344. The van der Waals surface area contributed by atoms with Crippen LogP contribution in [0.4, 0.5) is 4.39 Å². The molecule has 0 aromatic heterocycles. The van der Waals surface area contributed by atoms with Crippen LogP contribution in [0.3, 0.4) is 0 Å². The number of sulfonamides is 1. The first-order chi connectivity index (χ1) is 20.6. The molecule has 8 nitrogen and oxygen atoms in total. The summed E-state index contributed by atoms with van der Waals surface area (Å²) >= 11 is 1.25. The van der Waals surface area contributed by atoms with Crippen LogP contribution in [0.5, 0.6) is 0 Å². The van der Waals surface area contributed by atoms with Gasteiger partial charge in [0.2, 0.25) is 22.0 Å². The average molecular weight is 662 g/mol. The standard InChI is InChI=1S/C32H36FN3O5S2.ClH/c1-22(2)29(34-3)32(38)41-19-17-28(26-13-15-27(33)16-14-26)35-30(37)31-36(18-20-42-31)43(39,40)21-23-9-11-25(12-10-23)24-7-5-4-6-8-24;/h4-16,22,28-29,31H,3,17-21H2,1-2H3,(H,35,37);1H/t28-,29-,31-;/m0./s1. The Balaban J connectivity index is 0.00000529. The molecule has 4 rings (SSSR count). The predicted molar refractivity (Wildman–Crippen MR) is 167 cm³/mol. The van der Waals surface area contributed by atoms with Crippen LogP contribution >= 0.6 is 11.8 Å². The summed E-state index contributed by atoms with van der Waals surface area (Å²) < 4.78 is 47.3. The monoisotopic (exact) mass is 661 g/mol. The van der Waals surface area contributed by atoms with Crippen LogP contribution in [0.15, 0.2) is 78.9 Å². The summed E-state index contributed by atoms with van der Waals surface area (Å²) in [5.41, 5.74) is 3.25. The van der Waals surface area contributed by atoms with E-state index in [4.69, 9.17) is 4.74 Å². The number of halogens is 2. The number of nitrogens with one attached hydrogen (secondary N) is 2. The van der Waals surface area contributed by atoms with E-state index >= 15 is 0 Å². The number of esters is 1. The molecule has 3 aromatic carbocycles. The van der Waals surface area contributed by atoms with E-state index in [0.29, 0.717) is 16.9 Å². The van der Waals surface area contributed by atoms with E-state index in [9.17, 15) is 22.4 Å². The zero-order valence-electron chi connectivity index (χ0n) is 24.6. The first kappa shape index (κ1) is 35.2. The lowest BCUT2D eigenvalue weighted by atomic mass is 10.0. The molecule has 44 heavy (non-hydrogen) atoms. The number of carbonyl (C=O) groups is 2. The van der Waals surface area contributed by atoms with Crippen molar-refractivity contribution in [2.75, 3.05) is 18.9 Å². The van der Waals surface area contributed by atoms with E-state index < -0.39 is 45.2 Å². The maximum absolute atomic E-state index is 13.6. The summed E-state index contributed by atoms with van der Waals surface area (Å²) in [5, 5.41) is 1.96. The number of hydrogen-bond acceptors (Lipinski definition) is 6. The number of hydrogen-bond donors (Lipinski definition) is 2. The molecular weight excluding hydrogens is 625 g/mol. The highest BCUT2D eigenvalue weighted by Gasteiger charge is 2.40. The van der Waals surface area contributed by atoms with Gasteiger partial charge in [-0.2, -0.15) is 4.31 Å². The molecule has 1 fully saturated rings. The Morgan fingerprint density at radius 1 is 1.05 bits per heavy atom. The second-order valence-corrected chi connectivity index (χ2v) is 13.8. The highest BCUT2D eigenvalue weighted by molar-refractivity contribution is 8.02. The molecule has 1 heterocycles. The molecular formula is C32H37ClFN3O5S2. The molecule has 2 N–H and O–H groups in total. The number of benzene rings is 3. The molecule has 1 aliphatic heterocycles. The van der Waals surface area contributed by atoms with Crippen LogP contribution in [0.2, 0.25) is 0 Å². The van der Waals surface area contributed by atoms with E-state index in [-0.39, 0.29) is 43.7 Å². The topological polar surface area (TPSA) is 107 Å². The Kier molecular flexibility index (Phi) is 12.9. The van der Waals surface area contributed by atoms with Gasteiger partial charge in [0.1, 0.15) is 17.9 Å². The lowest BCUT2D eigenvalue weighted by molar-refractivity contribution is -0.490. The van der Waals surface area contributed by atoms with Gasteiger partial charge in [-0.15, -0.1) is 11.8 Å². The van der Waals surface area contributed by atoms with Crippen LogP contribution < -0.4 is 22.7 Å². The Bertz CT molecular complexity index is 1510. The normalized spacial score (nSPS) is 16.5. The molecule has 12 heteroatoms. The van der Waals surface area contributed by atoms with Gasteiger partial charge in [0, 0.05) is 24.6 Å². The van der Waals surface area contributed by atoms with Crippen LogP contribution in [-0.4, -0.2) is 61.6 Å². The van der Waals surface area contributed by atoms with Crippen molar-refractivity contribution in [3.63, 3.8) is 0 Å². The summed E-state index contributed by atoms with van der Waals surface area (Å²) in [6.45, 7) is 7.51. The van der Waals surface area contributed by atoms with Gasteiger partial charge in [0.05, 0.1) is 18.4 Å². The van der Waals surface area contributed by atoms with Crippen molar-refractivity contribution in [2.45, 2.75) is 43.5 Å². The van der Waals surface area contributed by atoms with Gasteiger partial charge < -0.3 is 22.5 Å². The van der Waals surface area contributed by atoms with Crippen molar-refractivity contribution in [1.82, 2.24) is 9.62 Å². The molecule has 0 saturated carbocycles. The quantitative estimate of drug-likeness (QED) is 0.202. The number of amides is 1. The molecule has 1 aliphatic rings. The summed E-state index contributed by atoms with van der Waals surface area (Å²) in [7, 11) is -3.82. The fourth-order valence-corrected chi connectivity index (χ4v) is 8.13. The van der Waals surface area contributed by atoms with Gasteiger partial charge in [0.25, 0.3) is 0 Å². The van der Waals surface area contributed by atoms with Gasteiger partial charge in [-0.25, -0.2) is 22.6 Å². The molecule has 3 aromatic rings. The van der Waals surface area contributed by atoms with E-state index in [1.807, 2.05) is 56.3 Å². The van der Waals surface area contributed by atoms with Crippen molar-refractivity contribution in [1.29, 1.82) is 0 Å². The summed E-state index contributed by atoms with van der Waals surface area (Å²) in [4.78, 5) is 28.7. The number of ether oxygens (including phenoxy) is 1. The van der Waals surface area contributed by atoms with Crippen LogP contribution in [-0.2, 0) is 30.1 Å². The predicted octanol–water partition coefficient (Wildman–Crippen LogP) is 0.298. The average Bonchev–Trinajstić information content (AvgIpc) is 3.50. The van der Waals surface area contributed by atoms with E-state index in [2.05, 4.69) is 17.0 Å². The molecule has 1 saturated heterocycles. The van der Waals surface area contributed by atoms with E-state index in [1.54, 1.807) is 24.3 Å². The Hall–Kier alpha value is -3.25. The van der Waals surface area contributed by atoms with Gasteiger partial charge in [-0.05, 0) is 34.4 Å². The molecule has 236 valence electrons. The zero-order chi connectivity index (χ0) is 31.0. The lowest BCUT2D eigenvalue weighted by Gasteiger charge is -2.26. The largest absolute Gasteiger partial charge is 1.00 e. The van der Waals surface area contributed by atoms with E-state index in [0.717, 1.165) is 11.1 Å². The van der Waals surface area contributed by atoms with Crippen molar-refractivity contribution >= 4 is 40.4 Å². The van der Waals surface area contributed by atoms with E-state index in [1.165, 1.54) is 28.2 Å². The number of carbonyl (C=O) groups excluding carboxylic acids is 2. The maximum Gasteiger partial charge on any atom is 0.375 e. The van der Waals surface area contributed by atoms with Crippen molar-refractivity contribution < 1.29 is 44.5 Å². The summed E-state index contributed by atoms with van der Waals surface area (Å²) in [6, 6.07) is 21.6. The number of nitrogens with zero attached hydrogens (tertiary/aromatic N) is 1. The van der Waals surface area contributed by atoms with Crippen molar-refractivity contribution in [2.24, 2.45) is 5.92 Å². The minimum Gasteiger partial charge on any atom is -1.00 e. The van der Waals surface area contributed by atoms with Crippen LogP contribution in [0, 0.1) is 11.7 Å². The highest BCUT2D eigenvalue weighted by Crippen LogP contribution is 2.30. The number of thioether (sulfide) groups is 1. The van der Waals surface area contributed by atoms with Crippen molar-refractivity contribution in [3.05, 3.63) is 95.8 Å². The third kappa shape index (κ3) is 9.13. The van der Waals surface area contributed by atoms with Gasteiger partial charge in [0.15, 0.2) is 0 Å². The van der Waals surface area contributed by atoms with Gasteiger partial charge in [-0.3, -0.25) is 4.79 Å². The Morgan fingerprint density at radius 3 is 2.30 bits per heavy atom. The molecule has 0 radical (unpaired) electrons. The molecule has 0 aliphatic carbocycles. The van der Waals surface area contributed by atoms with Crippen LogP contribution in [0.1, 0.15) is 37.4 Å². The zero-order valence-corrected chi connectivity index (χ0v) is 27.0. The number of rotatable bonds is 13. The smallest absolute Gasteiger partial charge is 0.375 e. The summed E-state index contributed by atoms with van der Waals surface area (Å²) in [6.07, 6.45) is 0.211. The maximum atomic E-state index is 13.6. The fourth-order valence-electron chi connectivity index (χ4n) is 4.88. The second kappa shape index (κ2) is 16.2. The molecule has 0 spiro atoms. The third-order valence-corrected chi connectivity index (χ3v) is 10.4. The highest BCUT2D eigenvalue weighted by atomic mass is 35.5. The SMILES string of the molecule is C=[NH+][C@H](C(=O)OCC[C@H](NC(=O)[C@@H]1SCCN1S(=O)(=O)Cc1ccc(-c2ccccc2)cc1)c1ccc(F)cc1)C(C)C.[Cl-]. The van der Waals surface area contributed by atoms with Crippen molar-refractivity contribution in [3.8, 4) is 11.1 Å². The minimum atomic E-state index is -3.82. The third-order valence-electron chi connectivity index (χ3n) is 7.22. The van der Waals surface area contributed by atoms with Gasteiger partial charge >= 0.3 is 5.97 Å². The first-order valence-corrected chi connectivity index (χ1v) is 16.8. The minimum absolute atomic E-state index is 0. The summed E-state index contributed by atoms with van der Waals surface area (Å²) in [5.74, 6) is -1.17. The first-order valence-electron chi connectivity index (χ1n) is 14.1. The molecule has 0 unspecified atom stereocenters. The Labute approximate surface area is 268 Å². The molecule has 1 amide bonds. The lowest BCUT2D eigenvalue weighted by Crippen LogP contribution is -3.00.